The van der Waals surface area contributed by atoms with Gasteiger partial charge in [0, 0.05) is 5.02 Å². The lowest BCUT2D eigenvalue weighted by molar-refractivity contribution is -0.117. The van der Waals surface area contributed by atoms with E-state index in [4.69, 9.17) is 11.6 Å². The molecule has 29 heavy (non-hydrogen) atoms. The van der Waals surface area contributed by atoms with Crippen molar-refractivity contribution in [3.63, 3.8) is 0 Å². The fourth-order valence-electron chi connectivity index (χ4n) is 2.69. The van der Waals surface area contributed by atoms with Gasteiger partial charge in [-0.2, -0.15) is 4.72 Å². The van der Waals surface area contributed by atoms with Gasteiger partial charge in [0.15, 0.2) is 0 Å². The Balaban J connectivity index is 1.87. The largest absolute Gasteiger partial charge is 0.322 e. The van der Waals surface area contributed by atoms with Gasteiger partial charge < -0.3 is 5.32 Å². The van der Waals surface area contributed by atoms with E-state index in [1.807, 2.05) is 6.07 Å². The molecular formula is C21H18ClFN2O3S. The van der Waals surface area contributed by atoms with Gasteiger partial charge in [-0.05, 0) is 48.4 Å². The van der Waals surface area contributed by atoms with Crippen molar-refractivity contribution in [1.82, 2.24) is 4.72 Å². The van der Waals surface area contributed by atoms with Crippen LogP contribution >= 0.6 is 11.6 Å². The van der Waals surface area contributed by atoms with Crippen LogP contribution < -0.4 is 10.0 Å². The van der Waals surface area contributed by atoms with Crippen molar-refractivity contribution >= 4 is 33.2 Å². The molecule has 0 aliphatic heterocycles. The minimum absolute atomic E-state index is 0.0266. The molecule has 8 heteroatoms. The molecule has 0 fully saturated rings. The van der Waals surface area contributed by atoms with Crippen molar-refractivity contribution < 1.29 is 17.6 Å². The van der Waals surface area contributed by atoms with Crippen LogP contribution in [0.15, 0.2) is 83.8 Å². The zero-order chi connectivity index (χ0) is 20.9. The third kappa shape index (κ3) is 5.63. The van der Waals surface area contributed by atoms with Crippen LogP contribution in [-0.2, 0) is 21.2 Å². The number of benzene rings is 3. The molecule has 0 bridgehead atoms. The summed E-state index contributed by atoms with van der Waals surface area (Å²) < 4.78 is 41.8. The first-order chi connectivity index (χ1) is 13.8. The maximum Gasteiger partial charge on any atom is 0.242 e. The second-order valence-electron chi connectivity index (χ2n) is 6.29. The summed E-state index contributed by atoms with van der Waals surface area (Å²) in [6, 6.07) is 19.1. The predicted octanol–water partition coefficient (Wildman–Crippen LogP) is 4.01. The van der Waals surface area contributed by atoms with Gasteiger partial charge in [0.2, 0.25) is 15.9 Å². The fourth-order valence-corrected chi connectivity index (χ4v) is 4.01. The van der Waals surface area contributed by atoms with E-state index >= 15 is 0 Å². The standard InChI is InChI=1S/C21H18ClFN2O3S/c22-16-10-12-17(13-11-16)29(27,28)25-20(14-15-6-2-1-3-7-15)21(26)24-19-9-5-4-8-18(19)23/h1-13,20,25H,14H2,(H,24,26)/t20-/m0/s1. The Morgan fingerprint density at radius 1 is 0.931 bits per heavy atom. The number of carbonyl (C=O) groups is 1. The number of amides is 1. The second kappa shape index (κ2) is 9.17. The lowest BCUT2D eigenvalue weighted by atomic mass is 10.1. The first kappa shape index (κ1) is 21.0. The topological polar surface area (TPSA) is 75.3 Å². The third-order valence-corrected chi connectivity index (χ3v) is 5.89. The molecule has 2 N–H and O–H groups in total. The maximum atomic E-state index is 13.9. The lowest BCUT2D eigenvalue weighted by Crippen LogP contribution is -2.45. The number of hydrogen-bond acceptors (Lipinski definition) is 3. The molecule has 3 aromatic carbocycles. The summed E-state index contributed by atoms with van der Waals surface area (Å²) in [5.74, 6) is -1.28. The molecule has 0 saturated heterocycles. The fraction of sp³-hybridized carbons (Fsp3) is 0.0952. The predicted molar refractivity (Wildman–Crippen MR) is 111 cm³/mol. The van der Waals surface area contributed by atoms with E-state index in [1.165, 1.54) is 42.5 Å². The van der Waals surface area contributed by atoms with Gasteiger partial charge in [0.25, 0.3) is 0 Å². The van der Waals surface area contributed by atoms with E-state index in [0.29, 0.717) is 5.02 Å². The highest BCUT2D eigenvalue weighted by Crippen LogP contribution is 2.17. The van der Waals surface area contributed by atoms with E-state index in [0.717, 1.165) is 5.56 Å². The number of nitrogens with one attached hydrogen (secondary N) is 2. The van der Waals surface area contributed by atoms with Crippen molar-refractivity contribution in [2.45, 2.75) is 17.4 Å². The van der Waals surface area contributed by atoms with Crippen molar-refractivity contribution in [3.8, 4) is 0 Å². The summed E-state index contributed by atoms with van der Waals surface area (Å²) in [5.41, 5.74) is 0.723. The van der Waals surface area contributed by atoms with E-state index in [2.05, 4.69) is 10.0 Å². The molecule has 0 radical (unpaired) electrons. The van der Waals surface area contributed by atoms with Gasteiger partial charge >= 0.3 is 0 Å². The van der Waals surface area contributed by atoms with Crippen molar-refractivity contribution in [1.29, 1.82) is 0 Å². The van der Waals surface area contributed by atoms with Crippen molar-refractivity contribution in [3.05, 3.63) is 95.3 Å². The average molecular weight is 433 g/mol. The summed E-state index contributed by atoms with van der Waals surface area (Å²) in [6.45, 7) is 0. The summed E-state index contributed by atoms with van der Waals surface area (Å²) in [6.07, 6.45) is 0.0912. The molecule has 0 aliphatic carbocycles. The Bertz CT molecular complexity index is 1090. The molecule has 0 saturated carbocycles. The molecule has 5 nitrogen and oxygen atoms in total. The van der Waals surface area contributed by atoms with Crippen LogP contribution in [0, 0.1) is 5.82 Å². The van der Waals surface area contributed by atoms with Crippen LogP contribution in [0.4, 0.5) is 10.1 Å². The Hall–Kier alpha value is -2.74. The number of halogens is 2. The minimum atomic E-state index is -4.01. The van der Waals surface area contributed by atoms with Crippen LogP contribution in [0.5, 0.6) is 0 Å². The average Bonchev–Trinajstić information content (AvgIpc) is 2.70. The van der Waals surface area contributed by atoms with Gasteiger partial charge in [0.1, 0.15) is 11.9 Å². The molecular weight excluding hydrogens is 415 g/mol. The first-order valence-corrected chi connectivity index (χ1v) is 10.6. The quantitative estimate of drug-likeness (QED) is 0.592. The zero-order valence-corrected chi connectivity index (χ0v) is 16.8. The number of hydrogen-bond donors (Lipinski definition) is 2. The van der Waals surface area contributed by atoms with Gasteiger partial charge in [-0.1, -0.05) is 54.1 Å². The molecule has 0 aromatic heterocycles. The summed E-state index contributed by atoms with van der Waals surface area (Å²) in [7, 11) is -4.01. The molecule has 0 spiro atoms. The Kier molecular flexibility index (Phi) is 6.64. The zero-order valence-electron chi connectivity index (χ0n) is 15.2. The molecule has 3 aromatic rings. The van der Waals surface area contributed by atoms with E-state index < -0.39 is 27.8 Å². The van der Waals surface area contributed by atoms with E-state index in [1.54, 1.807) is 30.3 Å². The monoisotopic (exact) mass is 432 g/mol. The molecule has 1 atom stereocenters. The highest BCUT2D eigenvalue weighted by molar-refractivity contribution is 7.89. The summed E-state index contributed by atoms with van der Waals surface area (Å²) in [5, 5.41) is 2.84. The molecule has 0 aliphatic rings. The smallest absolute Gasteiger partial charge is 0.242 e. The van der Waals surface area contributed by atoms with Crippen LogP contribution in [0.3, 0.4) is 0 Å². The molecule has 0 heterocycles. The van der Waals surface area contributed by atoms with Gasteiger partial charge in [0.05, 0.1) is 10.6 Å². The summed E-state index contributed by atoms with van der Waals surface area (Å²) >= 11 is 5.82. The van der Waals surface area contributed by atoms with Gasteiger partial charge in [-0.25, -0.2) is 12.8 Å². The summed E-state index contributed by atoms with van der Waals surface area (Å²) in [4.78, 5) is 12.8. The van der Waals surface area contributed by atoms with Crippen LogP contribution in [-0.4, -0.2) is 20.4 Å². The molecule has 150 valence electrons. The van der Waals surface area contributed by atoms with Crippen molar-refractivity contribution in [2.75, 3.05) is 5.32 Å². The van der Waals surface area contributed by atoms with E-state index in [-0.39, 0.29) is 17.0 Å². The minimum Gasteiger partial charge on any atom is -0.322 e. The molecule has 0 unspecified atom stereocenters. The number of carbonyl (C=O) groups excluding carboxylic acids is 1. The SMILES string of the molecule is O=C(Nc1ccccc1F)[C@H](Cc1ccccc1)NS(=O)(=O)c1ccc(Cl)cc1. The Morgan fingerprint density at radius 2 is 1.55 bits per heavy atom. The first-order valence-electron chi connectivity index (χ1n) is 8.72. The van der Waals surface area contributed by atoms with Gasteiger partial charge in [-0.15, -0.1) is 0 Å². The van der Waals surface area contributed by atoms with Crippen LogP contribution in [0.2, 0.25) is 5.02 Å². The molecule has 3 rings (SSSR count). The van der Waals surface area contributed by atoms with Crippen LogP contribution in [0.1, 0.15) is 5.56 Å². The van der Waals surface area contributed by atoms with Crippen LogP contribution in [0.25, 0.3) is 0 Å². The highest BCUT2D eigenvalue weighted by Gasteiger charge is 2.26. The van der Waals surface area contributed by atoms with Gasteiger partial charge in [-0.3, -0.25) is 4.79 Å². The number of anilines is 1. The highest BCUT2D eigenvalue weighted by atomic mass is 35.5. The number of para-hydroxylation sites is 1. The normalized spacial score (nSPS) is 12.3. The second-order valence-corrected chi connectivity index (χ2v) is 8.44. The number of sulfonamides is 1. The Labute approximate surface area is 173 Å². The molecule has 1 amide bonds. The lowest BCUT2D eigenvalue weighted by Gasteiger charge is -2.19. The maximum absolute atomic E-state index is 13.9. The third-order valence-electron chi connectivity index (χ3n) is 4.15. The van der Waals surface area contributed by atoms with E-state index in [9.17, 15) is 17.6 Å². The Morgan fingerprint density at radius 3 is 2.21 bits per heavy atom. The number of rotatable bonds is 7. The van der Waals surface area contributed by atoms with Crippen molar-refractivity contribution in [2.24, 2.45) is 0 Å².